The van der Waals surface area contributed by atoms with Crippen molar-refractivity contribution in [2.45, 2.75) is 33.6 Å². The fourth-order valence-electron chi connectivity index (χ4n) is 2.67. The minimum absolute atomic E-state index is 0. The van der Waals surface area contributed by atoms with Gasteiger partial charge in [-0.15, -0.1) is 12.4 Å². The SMILES string of the molecule is CCN(CC)CCOc1ccc(C)c2c1C(=O)CC2.Cl. The van der Waals surface area contributed by atoms with Crippen LogP contribution in [0.5, 0.6) is 5.75 Å². The summed E-state index contributed by atoms with van der Waals surface area (Å²) in [6.07, 6.45) is 1.50. The minimum atomic E-state index is 0. The molecule has 0 spiro atoms. The Morgan fingerprint density at radius 2 is 1.90 bits per heavy atom. The van der Waals surface area contributed by atoms with E-state index in [1.54, 1.807) is 0 Å². The second kappa shape index (κ2) is 7.65. The highest BCUT2D eigenvalue weighted by molar-refractivity contribution is 6.03. The third kappa shape index (κ3) is 3.53. The molecule has 0 amide bonds. The van der Waals surface area contributed by atoms with Gasteiger partial charge in [-0.25, -0.2) is 0 Å². The van der Waals surface area contributed by atoms with E-state index in [4.69, 9.17) is 4.74 Å². The van der Waals surface area contributed by atoms with Crippen LogP contribution in [0.3, 0.4) is 0 Å². The number of fused-ring (bicyclic) bond motifs is 1. The quantitative estimate of drug-likeness (QED) is 0.807. The van der Waals surface area contributed by atoms with E-state index >= 15 is 0 Å². The van der Waals surface area contributed by atoms with Gasteiger partial charge < -0.3 is 9.64 Å². The highest BCUT2D eigenvalue weighted by atomic mass is 35.5. The highest BCUT2D eigenvalue weighted by Gasteiger charge is 2.25. The Bertz CT molecular complexity index is 470. The van der Waals surface area contributed by atoms with Crippen molar-refractivity contribution in [2.75, 3.05) is 26.2 Å². The van der Waals surface area contributed by atoms with Gasteiger partial charge in [-0.3, -0.25) is 4.79 Å². The summed E-state index contributed by atoms with van der Waals surface area (Å²) in [6, 6.07) is 4.00. The van der Waals surface area contributed by atoms with E-state index in [0.717, 1.165) is 37.4 Å². The van der Waals surface area contributed by atoms with Crippen molar-refractivity contribution in [3.05, 3.63) is 28.8 Å². The fourth-order valence-corrected chi connectivity index (χ4v) is 2.67. The topological polar surface area (TPSA) is 29.5 Å². The van der Waals surface area contributed by atoms with Gasteiger partial charge in [0.2, 0.25) is 0 Å². The molecule has 0 heterocycles. The first kappa shape index (κ1) is 17.0. The molecule has 1 aliphatic carbocycles. The maximum absolute atomic E-state index is 12.0. The maximum Gasteiger partial charge on any atom is 0.167 e. The van der Waals surface area contributed by atoms with Crippen molar-refractivity contribution in [2.24, 2.45) is 0 Å². The predicted octanol–water partition coefficient (Wildman–Crippen LogP) is 3.27. The van der Waals surface area contributed by atoms with Crippen molar-refractivity contribution in [1.82, 2.24) is 4.90 Å². The molecule has 0 aromatic heterocycles. The van der Waals surface area contributed by atoms with Crippen LogP contribution in [0, 0.1) is 6.92 Å². The van der Waals surface area contributed by atoms with Gasteiger partial charge in [-0.1, -0.05) is 19.9 Å². The van der Waals surface area contributed by atoms with Crippen molar-refractivity contribution >= 4 is 18.2 Å². The van der Waals surface area contributed by atoms with Crippen molar-refractivity contribution < 1.29 is 9.53 Å². The summed E-state index contributed by atoms with van der Waals surface area (Å²) in [5.74, 6) is 1.01. The number of ketones is 1. The molecule has 0 saturated heterocycles. The third-order valence-electron chi connectivity index (χ3n) is 3.95. The Morgan fingerprint density at radius 1 is 1.20 bits per heavy atom. The summed E-state index contributed by atoms with van der Waals surface area (Å²) < 4.78 is 5.85. The number of likely N-dealkylation sites (N-methyl/N-ethyl adjacent to an activating group) is 1. The second-order valence-electron chi connectivity index (χ2n) is 5.03. The average Bonchev–Trinajstić information content (AvgIpc) is 2.81. The van der Waals surface area contributed by atoms with Crippen molar-refractivity contribution in [3.8, 4) is 5.75 Å². The lowest BCUT2D eigenvalue weighted by Gasteiger charge is -2.19. The number of carbonyl (C=O) groups is 1. The van der Waals surface area contributed by atoms with Crippen LogP contribution in [0.2, 0.25) is 0 Å². The van der Waals surface area contributed by atoms with Gasteiger partial charge in [0, 0.05) is 13.0 Å². The predicted molar refractivity (Wildman–Crippen MR) is 84.4 cm³/mol. The van der Waals surface area contributed by atoms with Crippen LogP contribution < -0.4 is 4.74 Å². The van der Waals surface area contributed by atoms with Gasteiger partial charge >= 0.3 is 0 Å². The number of Topliss-reactive ketones (excluding diaryl/α,β-unsaturated/α-hetero) is 1. The number of halogens is 1. The Balaban J connectivity index is 0.00000200. The molecule has 112 valence electrons. The third-order valence-corrected chi connectivity index (χ3v) is 3.95. The molecule has 0 aliphatic heterocycles. The molecule has 0 radical (unpaired) electrons. The number of ether oxygens (including phenoxy) is 1. The van der Waals surface area contributed by atoms with Gasteiger partial charge in [-0.2, -0.15) is 0 Å². The van der Waals surface area contributed by atoms with E-state index in [9.17, 15) is 4.79 Å². The molecular formula is C16H24ClNO2. The van der Waals surface area contributed by atoms with Crippen LogP contribution in [0.25, 0.3) is 0 Å². The normalized spacial score (nSPS) is 13.3. The molecule has 1 aliphatic rings. The number of benzene rings is 1. The minimum Gasteiger partial charge on any atom is -0.491 e. The lowest BCUT2D eigenvalue weighted by molar-refractivity contribution is 0.0990. The molecule has 2 rings (SSSR count). The zero-order chi connectivity index (χ0) is 13.8. The Labute approximate surface area is 127 Å². The first-order valence-corrected chi connectivity index (χ1v) is 7.18. The maximum atomic E-state index is 12.0. The van der Waals surface area contributed by atoms with E-state index in [0.29, 0.717) is 13.0 Å². The van der Waals surface area contributed by atoms with Crippen molar-refractivity contribution in [3.63, 3.8) is 0 Å². The van der Waals surface area contributed by atoms with Gasteiger partial charge in [-0.05, 0) is 43.6 Å². The van der Waals surface area contributed by atoms with Crippen molar-refractivity contribution in [1.29, 1.82) is 0 Å². The number of hydrogen-bond acceptors (Lipinski definition) is 3. The molecule has 0 fully saturated rings. The van der Waals surface area contributed by atoms with E-state index < -0.39 is 0 Å². The molecule has 0 bridgehead atoms. The van der Waals surface area contributed by atoms with E-state index in [-0.39, 0.29) is 18.2 Å². The highest BCUT2D eigenvalue weighted by Crippen LogP contribution is 2.32. The van der Waals surface area contributed by atoms with Crippen LogP contribution in [-0.2, 0) is 6.42 Å². The van der Waals surface area contributed by atoms with Crippen LogP contribution in [0.1, 0.15) is 41.8 Å². The fraction of sp³-hybridized carbons (Fsp3) is 0.562. The summed E-state index contributed by atoms with van der Waals surface area (Å²) in [4.78, 5) is 14.3. The van der Waals surface area contributed by atoms with Gasteiger partial charge in [0.1, 0.15) is 12.4 Å². The molecule has 1 aromatic carbocycles. The van der Waals surface area contributed by atoms with Crippen LogP contribution in [0.4, 0.5) is 0 Å². The summed E-state index contributed by atoms with van der Waals surface area (Å²) in [7, 11) is 0. The molecule has 0 N–H and O–H groups in total. The summed E-state index contributed by atoms with van der Waals surface area (Å²) in [5.41, 5.74) is 3.22. The monoisotopic (exact) mass is 297 g/mol. The molecule has 1 aromatic rings. The summed E-state index contributed by atoms with van der Waals surface area (Å²) in [5, 5.41) is 0. The van der Waals surface area contributed by atoms with Crippen LogP contribution in [-0.4, -0.2) is 36.9 Å². The molecule has 0 atom stereocenters. The zero-order valence-corrected chi connectivity index (χ0v) is 13.4. The molecule has 0 unspecified atom stereocenters. The Kier molecular flexibility index (Phi) is 6.50. The summed E-state index contributed by atoms with van der Waals surface area (Å²) in [6.45, 7) is 9.98. The lowest BCUT2D eigenvalue weighted by atomic mass is 10.0. The zero-order valence-electron chi connectivity index (χ0n) is 12.6. The molecule has 3 nitrogen and oxygen atoms in total. The second-order valence-corrected chi connectivity index (χ2v) is 5.03. The summed E-state index contributed by atoms with van der Waals surface area (Å²) >= 11 is 0. The van der Waals surface area contributed by atoms with Gasteiger partial charge in [0.25, 0.3) is 0 Å². The first-order chi connectivity index (χ1) is 9.17. The molecule has 4 heteroatoms. The van der Waals surface area contributed by atoms with Crippen LogP contribution >= 0.6 is 12.4 Å². The Hall–Kier alpha value is -1.06. The molecule has 0 saturated carbocycles. The van der Waals surface area contributed by atoms with Gasteiger partial charge in [0.15, 0.2) is 5.78 Å². The number of rotatable bonds is 6. The smallest absolute Gasteiger partial charge is 0.167 e. The molecule has 20 heavy (non-hydrogen) atoms. The standard InChI is InChI=1S/C16H23NO2.ClH/c1-4-17(5-2)10-11-19-15-9-6-12(3)13-7-8-14(18)16(13)15;/h6,9H,4-5,7-8,10-11H2,1-3H3;1H. The molecular weight excluding hydrogens is 274 g/mol. The number of aryl methyl sites for hydroxylation is 1. The Morgan fingerprint density at radius 3 is 2.55 bits per heavy atom. The largest absolute Gasteiger partial charge is 0.491 e. The average molecular weight is 298 g/mol. The van der Waals surface area contributed by atoms with Crippen LogP contribution in [0.15, 0.2) is 12.1 Å². The van der Waals surface area contributed by atoms with E-state index in [1.807, 2.05) is 6.07 Å². The van der Waals surface area contributed by atoms with Gasteiger partial charge in [0.05, 0.1) is 5.56 Å². The number of carbonyl (C=O) groups excluding carboxylic acids is 1. The first-order valence-electron chi connectivity index (χ1n) is 7.18. The number of hydrogen-bond donors (Lipinski definition) is 0. The lowest BCUT2D eigenvalue weighted by Crippen LogP contribution is -2.28. The van der Waals surface area contributed by atoms with E-state index in [2.05, 4.69) is 31.7 Å². The number of nitrogens with zero attached hydrogens (tertiary/aromatic N) is 1. The van der Waals surface area contributed by atoms with E-state index in [1.165, 1.54) is 11.1 Å².